The third-order valence-electron chi connectivity index (χ3n) is 5.36. The smallest absolute Gasteiger partial charge is 0.119 e. The van der Waals surface area contributed by atoms with E-state index in [2.05, 4.69) is 84.6 Å². The molecule has 4 rings (SSSR count). The number of anilines is 3. The van der Waals surface area contributed by atoms with Crippen molar-refractivity contribution in [3.8, 4) is 11.5 Å². The average molecular weight is 422 g/mol. The van der Waals surface area contributed by atoms with Crippen LogP contribution in [0.4, 0.5) is 17.1 Å². The Labute approximate surface area is 190 Å². The average Bonchev–Trinajstić information content (AvgIpc) is 2.85. The van der Waals surface area contributed by atoms with E-state index in [9.17, 15) is 0 Å². The molecule has 0 aliphatic carbocycles. The summed E-state index contributed by atoms with van der Waals surface area (Å²) in [7, 11) is 3.36. The number of methoxy groups -OCH3 is 2. The summed E-state index contributed by atoms with van der Waals surface area (Å²) >= 11 is 0. The minimum atomic E-state index is 0.844. The second-order valence-electron chi connectivity index (χ2n) is 7.57. The Balaban J connectivity index is 1.62. The number of benzene rings is 4. The summed E-state index contributed by atoms with van der Waals surface area (Å²) < 4.78 is 10.6. The summed E-state index contributed by atoms with van der Waals surface area (Å²) in [6.45, 7) is 2.10. The van der Waals surface area contributed by atoms with Gasteiger partial charge in [-0.05, 0) is 78.7 Å². The Morgan fingerprint density at radius 3 is 1.28 bits per heavy atom. The Kier molecular flexibility index (Phi) is 6.57. The second kappa shape index (κ2) is 9.88. The Hall–Kier alpha value is -3.98. The van der Waals surface area contributed by atoms with Crippen molar-refractivity contribution in [1.82, 2.24) is 0 Å². The fraction of sp³-hybridized carbons (Fsp3) is 0.103. The van der Waals surface area contributed by atoms with Crippen LogP contribution in [0.5, 0.6) is 11.5 Å². The predicted octanol–water partition coefficient (Wildman–Crippen LogP) is 7.65. The van der Waals surface area contributed by atoms with E-state index in [1.165, 1.54) is 5.56 Å². The highest BCUT2D eigenvalue weighted by Gasteiger charge is 2.12. The van der Waals surface area contributed by atoms with Crippen LogP contribution in [-0.2, 0) is 0 Å². The van der Waals surface area contributed by atoms with E-state index < -0.39 is 0 Å². The van der Waals surface area contributed by atoms with Gasteiger partial charge in [-0.25, -0.2) is 0 Å². The molecule has 3 heteroatoms. The molecule has 4 aromatic carbocycles. The SMILES string of the molecule is COc1ccc(C=Cc2ccc(N(c3ccc(C)cc3)c3ccc(OC)cc3)cc2)cc1. The van der Waals surface area contributed by atoms with Gasteiger partial charge in [0.15, 0.2) is 0 Å². The molecule has 32 heavy (non-hydrogen) atoms. The number of hydrogen-bond acceptors (Lipinski definition) is 3. The molecular formula is C29H27NO2. The van der Waals surface area contributed by atoms with Crippen LogP contribution in [0.3, 0.4) is 0 Å². The van der Waals surface area contributed by atoms with E-state index in [4.69, 9.17) is 9.47 Å². The molecular weight excluding hydrogens is 394 g/mol. The third kappa shape index (κ3) is 5.01. The monoisotopic (exact) mass is 421 g/mol. The molecule has 0 N–H and O–H groups in total. The van der Waals surface area contributed by atoms with Crippen LogP contribution >= 0.6 is 0 Å². The number of rotatable bonds is 7. The molecule has 0 radical (unpaired) electrons. The number of nitrogens with zero attached hydrogens (tertiary/aromatic N) is 1. The molecule has 0 fully saturated rings. The molecule has 0 aliphatic heterocycles. The summed E-state index contributed by atoms with van der Waals surface area (Å²) in [5.41, 5.74) is 6.80. The van der Waals surface area contributed by atoms with Crippen LogP contribution in [0, 0.1) is 6.92 Å². The molecule has 0 amide bonds. The number of aryl methyl sites for hydroxylation is 1. The zero-order chi connectivity index (χ0) is 22.3. The summed E-state index contributed by atoms with van der Waals surface area (Å²) in [4.78, 5) is 2.25. The van der Waals surface area contributed by atoms with Crippen molar-refractivity contribution in [2.24, 2.45) is 0 Å². The maximum atomic E-state index is 5.33. The largest absolute Gasteiger partial charge is 0.497 e. The molecule has 0 atom stereocenters. The molecule has 0 unspecified atom stereocenters. The normalized spacial score (nSPS) is 10.8. The number of hydrogen-bond donors (Lipinski definition) is 0. The molecule has 0 bridgehead atoms. The fourth-order valence-corrected chi connectivity index (χ4v) is 3.51. The first-order valence-electron chi connectivity index (χ1n) is 10.6. The minimum Gasteiger partial charge on any atom is -0.497 e. The van der Waals surface area contributed by atoms with Crippen LogP contribution in [0.25, 0.3) is 12.2 Å². The highest BCUT2D eigenvalue weighted by molar-refractivity contribution is 5.78. The molecule has 0 spiro atoms. The highest BCUT2D eigenvalue weighted by Crippen LogP contribution is 2.35. The Morgan fingerprint density at radius 2 is 0.844 bits per heavy atom. The summed E-state index contributed by atoms with van der Waals surface area (Å²) in [5.74, 6) is 1.71. The van der Waals surface area contributed by atoms with Crippen LogP contribution in [0.15, 0.2) is 97.1 Å². The maximum Gasteiger partial charge on any atom is 0.119 e. The highest BCUT2D eigenvalue weighted by atomic mass is 16.5. The first kappa shape index (κ1) is 21.3. The van der Waals surface area contributed by atoms with Gasteiger partial charge < -0.3 is 14.4 Å². The lowest BCUT2D eigenvalue weighted by Gasteiger charge is -2.26. The van der Waals surface area contributed by atoms with E-state index in [0.717, 1.165) is 39.7 Å². The zero-order valence-corrected chi connectivity index (χ0v) is 18.7. The molecule has 0 saturated heterocycles. The van der Waals surface area contributed by atoms with Gasteiger partial charge >= 0.3 is 0 Å². The van der Waals surface area contributed by atoms with Crippen molar-refractivity contribution < 1.29 is 9.47 Å². The lowest BCUT2D eigenvalue weighted by Crippen LogP contribution is -2.09. The Morgan fingerprint density at radius 1 is 0.500 bits per heavy atom. The molecule has 4 aromatic rings. The second-order valence-corrected chi connectivity index (χ2v) is 7.57. The van der Waals surface area contributed by atoms with Crippen molar-refractivity contribution in [2.75, 3.05) is 19.1 Å². The van der Waals surface area contributed by atoms with E-state index in [1.807, 2.05) is 36.4 Å². The van der Waals surface area contributed by atoms with Crippen molar-refractivity contribution in [1.29, 1.82) is 0 Å². The summed E-state index contributed by atoms with van der Waals surface area (Å²) in [6.07, 6.45) is 4.23. The van der Waals surface area contributed by atoms with Crippen molar-refractivity contribution in [3.63, 3.8) is 0 Å². The van der Waals surface area contributed by atoms with E-state index in [1.54, 1.807) is 14.2 Å². The van der Waals surface area contributed by atoms with Gasteiger partial charge in [0, 0.05) is 17.1 Å². The topological polar surface area (TPSA) is 21.7 Å². The van der Waals surface area contributed by atoms with Gasteiger partial charge in [-0.1, -0.05) is 54.1 Å². The first-order chi connectivity index (χ1) is 15.7. The van der Waals surface area contributed by atoms with Crippen LogP contribution in [0.1, 0.15) is 16.7 Å². The van der Waals surface area contributed by atoms with Gasteiger partial charge in [0.25, 0.3) is 0 Å². The third-order valence-corrected chi connectivity index (χ3v) is 5.36. The zero-order valence-electron chi connectivity index (χ0n) is 18.7. The lowest BCUT2D eigenvalue weighted by atomic mass is 10.1. The molecule has 3 nitrogen and oxygen atoms in total. The van der Waals surface area contributed by atoms with Crippen LogP contribution in [0.2, 0.25) is 0 Å². The van der Waals surface area contributed by atoms with Gasteiger partial charge in [-0.15, -0.1) is 0 Å². The van der Waals surface area contributed by atoms with Gasteiger partial charge in [0.1, 0.15) is 11.5 Å². The maximum absolute atomic E-state index is 5.33. The van der Waals surface area contributed by atoms with Crippen molar-refractivity contribution in [2.45, 2.75) is 6.92 Å². The quantitative estimate of drug-likeness (QED) is 0.286. The summed E-state index contributed by atoms with van der Waals surface area (Å²) in [5, 5.41) is 0. The predicted molar refractivity (Wildman–Crippen MR) is 134 cm³/mol. The van der Waals surface area contributed by atoms with E-state index in [-0.39, 0.29) is 0 Å². The van der Waals surface area contributed by atoms with E-state index >= 15 is 0 Å². The molecule has 0 aromatic heterocycles. The van der Waals surface area contributed by atoms with Gasteiger partial charge in [0.05, 0.1) is 14.2 Å². The van der Waals surface area contributed by atoms with Crippen LogP contribution in [-0.4, -0.2) is 14.2 Å². The van der Waals surface area contributed by atoms with Gasteiger partial charge in [-0.2, -0.15) is 0 Å². The lowest BCUT2D eigenvalue weighted by molar-refractivity contribution is 0.414. The van der Waals surface area contributed by atoms with Crippen LogP contribution < -0.4 is 14.4 Å². The first-order valence-corrected chi connectivity index (χ1v) is 10.6. The Bertz CT molecular complexity index is 1160. The summed E-state index contributed by atoms with van der Waals surface area (Å²) in [6, 6.07) is 33.3. The fourth-order valence-electron chi connectivity index (χ4n) is 3.51. The number of ether oxygens (including phenoxy) is 2. The van der Waals surface area contributed by atoms with Crippen molar-refractivity contribution in [3.05, 3.63) is 114 Å². The minimum absolute atomic E-state index is 0.844. The van der Waals surface area contributed by atoms with Gasteiger partial charge in [-0.3, -0.25) is 0 Å². The molecule has 0 saturated carbocycles. The standard InChI is InChI=1S/C29H27NO2/c1-22-4-12-25(13-5-22)30(27-16-20-29(32-3)21-17-27)26-14-8-23(9-15-26)6-7-24-10-18-28(31-2)19-11-24/h4-21H,1-3H3. The van der Waals surface area contributed by atoms with E-state index in [0.29, 0.717) is 0 Å². The molecule has 0 heterocycles. The molecule has 160 valence electrons. The van der Waals surface area contributed by atoms with Crippen molar-refractivity contribution >= 4 is 29.2 Å². The molecule has 0 aliphatic rings. The van der Waals surface area contributed by atoms with Gasteiger partial charge in [0.2, 0.25) is 0 Å².